The largest absolute Gasteiger partial charge is 0.497 e. The second-order valence-electron chi connectivity index (χ2n) is 3.53. The summed E-state index contributed by atoms with van der Waals surface area (Å²) in [7, 11) is 1.57. The van der Waals surface area contributed by atoms with Crippen LogP contribution in [0.25, 0.3) is 11.1 Å². The van der Waals surface area contributed by atoms with E-state index in [1.165, 1.54) is 0 Å². The van der Waals surface area contributed by atoms with Crippen LogP contribution < -0.4 is 15.6 Å². The number of rotatable bonds is 2. The maximum atomic E-state index is 11.4. The van der Waals surface area contributed by atoms with Crippen molar-refractivity contribution in [1.82, 2.24) is 0 Å². The number of methoxy groups -OCH3 is 1. The van der Waals surface area contributed by atoms with Gasteiger partial charge in [-0.15, -0.1) is 0 Å². The molecule has 0 atom stereocenters. The molecule has 3 nitrogen and oxygen atoms in total. The lowest BCUT2D eigenvalue weighted by Crippen LogP contribution is -2.33. The average Bonchev–Trinajstić information content (AvgIpc) is 2.30. The minimum atomic E-state index is -0.605. The Bertz CT molecular complexity index is 621. The standard InChI is InChI=1S/C12H9ClO3/c1-6-5-7(16-2)3-4-8(6)9-10(13)12(15)11(9)14/h3-5H,1-2H3. The first-order valence-electron chi connectivity index (χ1n) is 4.70. The first kappa shape index (κ1) is 10.9. The molecule has 0 radical (unpaired) electrons. The summed E-state index contributed by atoms with van der Waals surface area (Å²) in [6.45, 7) is 1.84. The SMILES string of the molecule is COc1ccc(-c2c(Cl)c(=O)c2=O)c(C)c1. The Labute approximate surface area is 96.9 Å². The Morgan fingerprint density at radius 3 is 2.38 bits per heavy atom. The van der Waals surface area contributed by atoms with E-state index in [4.69, 9.17) is 16.3 Å². The zero-order valence-electron chi connectivity index (χ0n) is 8.83. The van der Waals surface area contributed by atoms with Crippen LogP contribution in [-0.4, -0.2) is 7.11 Å². The van der Waals surface area contributed by atoms with Crippen molar-refractivity contribution in [2.45, 2.75) is 6.92 Å². The Kier molecular flexibility index (Phi) is 2.56. The molecule has 0 aliphatic rings. The van der Waals surface area contributed by atoms with Gasteiger partial charge in [0, 0.05) is 0 Å². The molecule has 16 heavy (non-hydrogen) atoms. The van der Waals surface area contributed by atoms with Crippen LogP contribution in [-0.2, 0) is 0 Å². The molecular weight excluding hydrogens is 228 g/mol. The van der Waals surface area contributed by atoms with Crippen LogP contribution >= 0.6 is 11.6 Å². The molecule has 0 spiro atoms. The van der Waals surface area contributed by atoms with E-state index >= 15 is 0 Å². The molecule has 0 heterocycles. The van der Waals surface area contributed by atoms with E-state index in [1.54, 1.807) is 25.3 Å². The topological polar surface area (TPSA) is 43.4 Å². The minimum Gasteiger partial charge on any atom is -0.497 e. The predicted molar refractivity (Wildman–Crippen MR) is 63.1 cm³/mol. The highest BCUT2D eigenvalue weighted by Crippen LogP contribution is 2.28. The lowest BCUT2D eigenvalue weighted by molar-refractivity contribution is 0.414. The van der Waals surface area contributed by atoms with Gasteiger partial charge >= 0.3 is 0 Å². The van der Waals surface area contributed by atoms with Crippen molar-refractivity contribution in [2.75, 3.05) is 7.11 Å². The molecule has 0 N–H and O–H groups in total. The van der Waals surface area contributed by atoms with Gasteiger partial charge in [0.2, 0.25) is 10.9 Å². The maximum absolute atomic E-state index is 11.4. The van der Waals surface area contributed by atoms with Crippen LogP contribution in [0.1, 0.15) is 5.56 Å². The van der Waals surface area contributed by atoms with E-state index in [9.17, 15) is 9.59 Å². The molecule has 82 valence electrons. The summed E-state index contributed by atoms with van der Waals surface area (Å²) in [5.41, 5.74) is 0.737. The van der Waals surface area contributed by atoms with Crippen molar-refractivity contribution < 1.29 is 4.74 Å². The lowest BCUT2D eigenvalue weighted by Gasteiger charge is -2.10. The number of aryl methyl sites for hydroxylation is 1. The fourth-order valence-corrected chi connectivity index (χ4v) is 1.92. The molecular formula is C12H9ClO3. The molecule has 2 rings (SSSR count). The van der Waals surface area contributed by atoms with E-state index < -0.39 is 10.9 Å². The Morgan fingerprint density at radius 2 is 1.88 bits per heavy atom. The Hall–Kier alpha value is -1.61. The van der Waals surface area contributed by atoms with Gasteiger partial charge < -0.3 is 4.74 Å². The van der Waals surface area contributed by atoms with Gasteiger partial charge in [-0.25, -0.2) is 0 Å². The monoisotopic (exact) mass is 236 g/mol. The van der Waals surface area contributed by atoms with Crippen LogP contribution in [0.15, 0.2) is 27.8 Å². The molecule has 2 aromatic carbocycles. The van der Waals surface area contributed by atoms with Gasteiger partial charge in [-0.05, 0) is 30.2 Å². The molecule has 4 heteroatoms. The molecule has 0 bridgehead atoms. The molecule has 0 aliphatic carbocycles. The normalized spacial score (nSPS) is 10.7. The summed E-state index contributed by atoms with van der Waals surface area (Å²) >= 11 is 5.72. The van der Waals surface area contributed by atoms with Gasteiger partial charge in [0.25, 0.3) is 0 Å². The second-order valence-corrected chi connectivity index (χ2v) is 3.91. The van der Waals surface area contributed by atoms with Crippen molar-refractivity contribution in [3.05, 3.63) is 49.2 Å². The highest BCUT2D eigenvalue weighted by atomic mass is 35.5. The van der Waals surface area contributed by atoms with E-state index in [1.807, 2.05) is 6.92 Å². The van der Waals surface area contributed by atoms with Gasteiger partial charge in [0.15, 0.2) is 0 Å². The number of benzene rings is 1. The number of ether oxygens (including phenoxy) is 1. The van der Waals surface area contributed by atoms with Crippen molar-refractivity contribution in [3.8, 4) is 16.9 Å². The van der Waals surface area contributed by atoms with Crippen LogP contribution in [0, 0.1) is 6.92 Å². The van der Waals surface area contributed by atoms with E-state index in [0.717, 1.165) is 5.56 Å². The minimum absolute atomic E-state index is 0.0262. The van der Waals surface area contributed by atoms with E-state index in [0.29, 0.717) is 16.9 Å². The third-order valence-electron chi connectivity index (χ3n) is 2.56. The first-order chi connectivity index (χ1) is 7.56. The smallest absolute Gasteiger partial charge is 0.245 e. The van der Waals surface area contributed by atoms with Crippen molar-refractivity contribution >= 4 is 11.6 Å². The molecule has 0 amide bonds. The van der Waals surface area contributed by atoms with Crippen molar-refractivity contribution in [1.29, 1.82) is 0 Å². The Balaban J connectivity index is 2.59. The van der Waals surface area contributed by atoms with Gasteiger partial charge in [-0.3, -0.25) is 9.59 Å². The van der Waals surface area contributed by atoms with Gasteiger partial charge in [-0.2, -0.15) is 0 Å². The number of hydrogen-bond acceptors (Lipinski definition) is 3. The highest BCUT2D eigenvalue weighted by molar-refractivity contribution is 6.34. The van der Waals surface area contributed by atoms with Gasteiger partial charge in [0.05, 0.1) is 12.7 Å². The molecule has 2 aromatic rings. The molecule has 0 saturated heterocycles. The quantitative estimate of drug-likeness (QED) is 0.749. The molecule has 0 saturated carbocycles. The van der Waals surface area contributed by atoms with Crippen LogP contribution in [0.3, 0.4) is 0 Å². The second kappa shape index (κ2) is 3.76. The average molecular weight is 237 g/mol. The van der Waals surface area contributed by atoms with Gasteiger partial charge in [0.1, 0.15) is 10.8 Å². The fraction of sp³-hybridized carbons (Fsp3) is 0.167. The lowest BCUT2D eigenvalue weighted by atomic mass is 9.97. The zero-order chi connectivity index (χ0) is 11.9. The van der Waals surface area contributed by atoms with Gasteiger partial charge in [-0.1, -0.05) is 17.7 Å². The third kappa shape index (κ3) is 1.44. The molecule has 0 fully saturated rings. The summed E-state index contributed by atoms with van der Waals surface area (Å²) in [4.78, 5) is 22.4. The molecule has 0 aliphatic heterocycles. The van der Waals surface area contributed by atoms with Crippen LogP contribution in [0.2, 0.25) is 5.02 Å². The van der Waals surface area contributed by atoms with Crippen molar-refractivity contribution in [2.24, 2.45) is 0 Å². The molecule has 0 aromatic heterocycles. The summed E-state index contributed by atoms with van der Waals surface area (Å²) in [5.74, 6) is 0.705. The van der Waals surface area contributed by atoms with E-state index in [2.05, 4.69) is 0 Å². The summed E-state index contributed by atoms with van der Waals surface area (Å²) < 4.78 is 5.06. The zero-order valence-corrected chi connectivity index (χ0v) is 9.59. The molecule has 0 unspecified atom stereocenters. The Morgan fingerprint density at radius 1 is 1.19 bits per heavy atom. The summed E-state index contributed by atoms with van der Waals surface area (Å²) in [5, 5.41) is 0.0262. The summed E-state index contributed by atoms with van der Waals surface area (Å²) in [6, 6.07) is 5.26. The fourth-order valence-electron chi connectivity index (χ4n) is 1.65. The van der Waals surface area contributed by atoms with Crippen LogP contribution in [0.5, 0.6) is 5.75 Å². The highest BCUT2D eigenvalue weighted by Gasteiger charge is 2.21. The first-order valence-corrected chi connectivity index (χ1v) is 5.08. The number of hydrogen-bond donors (Lipinski definition) is 0. The summed E-state index contributed by atoms with van der Waals surface area (Å²) in [6.07, 6.45) is 0. The predicted octanol–water partition coefficient (Wildman–Crippen LogP) is 1.92. The third-order valence-corrected chi connectivity index (χ3v) is 2.92. The maximum Gasteiger partial charge on any atom is 0.245 e. The van der Waals surface area contributed by atoms with Crippen molar-refractivity contribution in [3.63, 3.8) is 0 Å². The number of halogens is 1. The van der Waals surface area contributed by atoms with Crippen LogP contribution in [0.4, 0.5) is 0 Å². The van der Waals surface area contributed by atoms with E-state index in [-0.39, 0.29) is 5.02 Å².